The van der Waals surface area contributed by atoms with Gasteiger partial charge in [0.1, 0.15) is 0 Å². The second-order valence-corrected chi connectivity index (χ2v) is 10.1. The Morgan fingerprint density at radius 2 is 1.64 bits per heavy atom. The summed E-state index contributed by atoms with van der Waals surface area (Å²) in [5, 5.41) is 3.29. The molecule has 0 saturated carbocycles. The van der Waals surface area contributed by atoms with E-state index in [4.69, 9.17) is 11.6 Å². The van der Waals surface area contributed by atoms with Crippen molar-refractivity contribution in [2.24, 2.45) is 0 Å². The van der Waals surface area contributed by atoms with Gasteiger partial charge in [-0.25, -0.2) is 8.42 Å². The van der Waals surface area contributed by atoms with Crippen molar-refractivity contribution in [3.8, 4) is 0 Å². The van der Waals surface area contributed by atoms with Crippen LogP contribution in [0.2, 0.25) is 5.02 Å². The zero-order valence-corrected chi connectivity index (χ0v) is 19.6. The lowest BCUT2D eigenvalue weighted by Crippen LogP contribution is -2.36. The van der Waals surface area contributed by atoms with E-state index in [2.05, 4.69) is 27.1 Å². The van der Waals surface area contributed by atoms with Crippen LogP contribution in [0.4, 0.5) is 5.69 Å². The molecule has 1 heterocycles. The van der Waals surface area contributed by atoms with E-state index in [-0.39, 0.29) is 28.1 Å². The second kappa shape index (κ2) is 10.4. The number of likely N-dealkylation sites (tertiary alicyclic amines) is 1. The molecule has 1 fully saturated rings. The Kier molecular flexibility index (Phi) is 7.33. The number of halogens is 1. The van der Waals surface area contributed by atoms with Gasteiger partial charge in [-0.2, -0.15) is 0 Å². The lowest BCUT2D eigenvalue weighted by molar-refractivity contribution is 0.0937. The molecule has 1 saturated heterocycles. The van der Waals surface area contributed by atoms with Crippen LogP contribution in [0.5, 0.6) is 0 Å². The van der Waals surface area contributed by atoms with Crippen molar-refractivity contribution in [3.63, 3.8) is 0 Å². The Morgan fingerprint density at radius 3 is 2.36 bits per heavy atom. The zero-order valence-electron chi connectivity index (χ0n) is 18.1. The minimum absolute atomic E-state index is 0.00535. The maximum absolute atomic E-state index is 12.9. The van der Waals surface area contributed by atoms with Crippen LogP contribution in [-0.4, -0.2) is 38.9 Å². The molecule has 4 rings (SSSR count). The first-order valence-corrected chi connectivity index (χ1v) is 12.7. The summed E-state index contributed by atoms with van der Waals surface area (Å²) >= 11 is 6.08. The van der Waals surface area contributed by atoms with Crippen molar-refractivity contribution in [2.75, 3.05) is 24.4 Å². The van der Waals surface area contributed by atoms with Crippen LogP contribution in [0.25, 0.3) is 0 Å². The van der Waals surface area contributed by atoms with E-state index in [0.717, 1.165) is 31.5 Å². The molecular formula is C25H26ClN3O3S. The molecule has 0 spiro atoms. The lowest BCUT2D eigenvalue weighted by Gasteiger charge is -2.28. The molecule has 0 aliphatic carbocycles. The summed E-state index contributed by atoms with van der Waals surface area (Å²) < 4.78 is 28.2. The highest BCUT2D eigenvalue weighted by Gasteiger charge is 2.24. The van der Waals surface area contributed by atoms with Crippen LogP contribution in [0.1, 0.15) is 34.8 Å². The number of hydrogen-bond donors (Lipinski definition) is 2. The summed E-state index contributed by atoms with van der Waals surface area (Å²) in [5.41, 5.74) is 1.72. The Labute approximate surface area is 199 Å². The van der Waals surface area contributed by atoms with Crippen molar-refractivity contribution in [1.29, 1.82) is 0 Å². The smallest absolute Gasteiger partial charge is 0.261 e. The minimum Gasteiger partial charge on any atom is -0.350 e. The Bertz CT molecular complexity index is 1210. The second-order valence-electron chi connectivity index (χ2n) is 7.99. The molecule has 1 unspecified atom stereocenters. The lowest BCUT2D eigenvalue weighted by atomic mass is 10.1. The average Bonchev–Trinajstić information content (AvgIpc) is 3.36. The van der Waals surface area contributed by atoms with Gasteiger partial charge in [-0.15, -0.1) is 0 Å². The number of anilines is 1. The summed E-state index contributed by atoms with van der Waals surface area (Å²) in [6, 6.07) is 22.8. The van der Waals surface area contributed by atoms with Gasteiger partial charge in [-0.05, 0) is 61.8 Å². The number of carbonyl (C=O) groups is 1. The number of nitrogens with zero attached hydrogens (tertiary/aromatic N) is 1. The van der Waals surface area contributed by atoms with Gasteiger partial charge in [-0.3, -0.25) is 14.4 Å². The van der Waals surface area contributed by atoms with E-state index >= 15 is 0 Å². The molecule has 0 aromatic heterocycles. The van der Waals surface area contributed by atoms with Crippen LogP contribution < -0.4 is 10.0 Å². The minimum atomic E-state index is -3.90. The number of sulfonamides is 1. The third-order valence-corrected chi connectivity index (χ3v) is 7.44. The first kappa shape index (κ1) is 23.3. The highest BCUT2D eigenvalue weighted by Crippen LogP contribution is 2.26. The molecule has 8 heteroatoms. The van der Waals surface area contributed by atoms with Gasteiger partial charge >= 0.3 is 0 Å². The van der Waals surface area contributed by atoms with Gasteiger partial charge in [0, 0.05) is 12.1 Å². The summed E-state index contributed by atoms with van der Waals surface area (Å²) in [7, 11) is -3.90. The monoisotopic (exact) mass is 483 g/mol. The Balaban J connectivity index is 1.48. The molecule has 1 amide bonds. The van der Waals surface area contributed by atoms with Gasteiger partial charge in [0.25, 0.3) is 15.9 Å². The standard InChI is InChI=1S/C25H26ClN3O3S/c26-22-13-4-5-14-23(22)28-33(31,32)21-12-8-11-20(17-21)25(30)27-18-24(29-15-6-7-16-29)19-9-2-1-3-10-19/h1-5,8-14,17,24,28H,6-7,15-16,18H2,(H,27,30). The van der Waals surface area contributed by atoms with Gasteiger partial charge in [0.2, 0.25) is 0 Å². The zero-order chi connectivity index (χ0) is 23.3. The summed E-state index contributed by atoms with van der Waals surface area (Å²) in [6.45, 7) is 2.44. The van der Waals surface area contributed by atoms with Gasteiger partial charge < -0.3 is 5.32 Å². The average molecular weight is 484 g/mol. The van der Waals surface area contributed by atoms with Crippen LogP contribution in [0.15, 0.2) is 83.8 Å². The molecule has 0 radical (unpaired) electrons. The number of benzene rings is 3. The van der Waals surface area contributed by atoms with Crippen molar-refractivity contribution in [1.82, 2.24) is 10.2 Å². The molecule has 1 atom stereocenters. The quantitative estimate of drug-likeness (QED) is 0.486. The van der Waals surface area contributed by atoms with Crippen molar-refractivity contribution in [3.05, 3.63) is 95.0 Å². The first-order chi connectivity index (χ1) is 15.9. The molecule has 3 aromatic carbocycles. The summed E-state index contributed by atoms with van der Waals surface area (Å²) in [6.07, 6.45) is 2.30. The summed E-state index contributed by atoms with van der Waals surface area (Å²) in [4.78, 5) is 15.3. The SMILES string of the molecule is O=C(NCC(c1ccccc1)N1CCCC1)c1cccc(S(=O)(=O)Nc2ccccc2Cl)c1. The third-order valence-electron chi connectivity index (χ3n) is 5.75. The molecule has 6 nitrogen and oxygen atoms in total. The van der Waals surface area contributed by atoms with E-state index in [1.165, 1.54) is 12.1 Å². The van der Waals surface area contributed by atoms with E-state index in [9.17, 15) is 13.2 Å². The van der Waals surface area contributed by atoms with Gasteiger partial charge in [0.15, 0.2) is 0 Å². The maximum Gasteiger partial charge on any atom is 0.261 e. The fraction of sp³-hybridized carbons (Fsp3) is 0.240. The Hall–Kier alpha value is -2.87. The van der Waals surface area contributed by atoms with Gasteiger partial charge in [-0.1, -0.05) is 60.1 Å². The predicted octanol–water partition coefficient (Wildman–Crippen LogP) is 4.71. The highest BCUT2D eigenvalue weighted by atomic mass is 35.5. The topological polar surface area (TPSA) is 78.5 Å². The molecule has 1 aliphatic rings. The number of nitrogens with one attached hydrogen (secondary N) is 2. The summed E-state index contributed by atoms with van der Waals surface area (Å²) in [5.74, 6) is -0.315. The number of para-hydroxylation sites is 1. The van der Waals surface area contributed by atoms with Crippen LogP contribution in [0, 0.1) is 0 Å². The molecule has 2 N–H and O–H groups in total. The first-order valence-electron chi connectivity index (χ1n) is 10.9. The Morgan fingerprint density at radius 1 is 0.939 bits per heavy atom. The normalized spacial score (nSPS) is 15.2. The van der Waals surface area contributed by atoms with Gasteiger partial charge in [0.05, 0.1) is 21.6 Å². The van der Waals surface area contributed by atoms with Crippen LogP contribution >= 0.6 is 11.6 Å². The predicted molar refractivity (Wildman–Crippen MR) is 131 cm³/mol. The molecule has 33 heavy (non-hydrogen) atoms. The number of carbonyl (C=O) groups excluding carboxylic acids is 1. The van der Waals surface area contributed by atoms with Crippen molar-refractivity contribution >= 4 is 33.2 Å². The highest BCUT2D eigenvalue weighted by molar-refractivity contribution is 7.92. The molecule has 1 aliphatic heterocycles. The fourth-order valence-electron chi connectivity index (χ4n) is 4.03. The fourth-order valence-corrected chi connectivity index (χ4v) is 5.39. The van der Waals surface area contributed by atoms with E-state index in [0.29, 0.717) is 11.6 Å². The molecule has 172 valence electrons. The molecular weight excluding hydrogens is 458 g/mol. The maximum atomic E-state index is 12.9. The van der Waals surface area contributed by atoms with E-state index in [1.807, 2.05) is 18.2 Å². The largest absolute Gasteiger partial charge is 0.350 e. The van der Waals surface area contributed by atoms with Crippen molar-refractivity contribution < 1.29 is 13.2 Å². The van der Waals surface area contributed by atoms with Crippen LogP contribution in [0.3, 0.4) is 0 Å². The van der Waals surface area contributed by atoms with Crippen molar-refractivity contribution in [2.45, 2.75) is 23.8 Å². The molecule has 0 bridgehead atoms. The van der Waals surface area contributed by atoms with Crippen LogP contribution in [-0.2, 0) is 10.0 Å². The van der Waals surface area contributed by atoms with E-state index < -0.39 is 10.0 Å². The number of amides is 1. The molecule has 3 aromatic rings. The number of rotatable bonds is 8. The number of hydrogen-bond acceptors (Lipinski definition) is 4. The van der Waals surface area contributed by atoms with E-state index in [1.54, 1.807) is 36.4 Å². The third kappa shape index (κ3) is 5.74.